The Kier molecular flexibility index (Phi) is 7.50. The molecule has 0 unspecified atom stereocenters. The van der Waals surface area contributed by atoms with Crippen LogP contribution in [0.15, 0.2) is 48.5 Å². The van der Waals surface area contributed by atoms with E-state index in [1.165, 1.54) is 6.07 Å². The number of nitrogens with zero attached hydrogens (tertiary/aromatic N) is 1. The van der Waals surface area contributed by atoms with Crippen LogP contribution in [0.5, 0.6) is 5.75 Å². The predicted molar refractivity (Wildman–Crippen MR) is 94.9 cm³/mol. The maximum Gasteiger partial charge on any atom is 0.127 e. The molecule has 0 aliphatic rings. The van der Waals surface area contributed by atoms with Crippen molar-refractivity contribution in [3.8, 4) is 5.75 Å². The van der Waals surface area contributed by atoms with Gasteiger partial charge in [-0.1, -0.05) is 36.7 Å². The molecule has 0 heterocycles. The molecule has 5 heteroatoms. The molecule has 0 fully saturated rings. The molecule has 0 amide bonds. The minimum atomic E-state index is -0.654. The van der Waals surface area contributed by atoms with Crippen LogP contribution in [-0.4, -0.2) is 35.8 Å². The van der Waals surface area contributed by atoms with Gasteiger partial charge in [-0.2, -0.15) is 0 Å². The largest absolute Gasteiger partial charge is 0.491 e. The lowest BCUT2D eigenvalue weighted by atomic mass is 10.2. The smallest absolute Gasteiger partial charge is 0.127 e. The van der Waals surface area contributed by atoms with Gasteiger partial charge in [0.1, 0.15) is 24.3 Å². The Hall–Kier alpha value is -1.62. The fraction of sp³-hybridized carbons (Fsp3) is 0.368. The lowest BCUT2D eigenvalue weighted by molar-refractivity contribution is 0.0652. The Bertz CT molecular complexity index is 621. The van der Waals surface area contributed by atoms with Crippen molar-refractivity contribution in [2.75, 3.05) is 19.7 Å². The van der Waals surface area contributed by atoms with Crippen LogP contribution in [0.3, 0.4) is 0 Å². The summed E-state index contributed by atoms with van der Waals surface area (Å²) < 4.78 is 19.4. The van der Waals surface area contributed by atoms with Gasteiger partial charge in [0.15, 0.2) is 0 Å². The van der Waals surface area contributed by atoms with Crippen LogP contribution in [0.1, 0.15) is 18.9 Å². The second kappa shape index (κ2) is 9.62. The lowest BCUT2D eigenvalue weighted by Crippen LogP contribution is -2.36. The minimum Gasteiger partial charge on any atom is -0.491 e. The van der Waals surface area contributed by atoms with Gasteiger partial charge in [0.25, 0.3) is 0 Å². The topological polar surface area (TPSA) is 32.7 Å². The summed E-state index contributed by atoms with van der Waals surface area (Å²) in [6.07, 6.45) is 0.276. The highest BCUT2D eigenvalue weighted by molar-refractivity contribution is 6.30. The van der Waals surface area contributed by atoms with E-state index in [4.69, 9.17) is 16.3 Å². The normalized spacial score (nSPS) is 12.4. The molecule has 0 aliphatic heterocycles. The number of benzene rings is 2. The number of halogens is 2. The maximum atomic E-state index is 13.8. The van der Waals surface area contributed by atoms with Crippen molar-refractivity contribution in [3.05, 3.63) is 64.9 Å². The molecule has 130 valence electrons. The van der Waals surface area contributed by atoms with Crippen LogP contribution in [-0.2, 0) is 6.54 Å². The third kappa shape index (κ3) is 6.11. The van der Waals surface area contributed by atoms with Gasteiger partial charge >= 0.3 is 0 Å². The van der Waals surface area contributed by atoms with Crippen LogP contribution < -0.4 is 4.74 Å². The third-order valence-electron chi connectivity index (χ3n) is 3.62. The van der Waals surface area contributed by atoms with Gasteiger partial charge in [-0.25, -0.2) is 4.39 Å². The van der Waals surface area contributed by atoms with Gasteiger partial charge in [-0.05, 0) is 43.3 Å². The van der Waals surface area contributed by atoms with Crippen LogP contribution in [0.25, 0.3) is 0 Å². The van der Waals surface area contributed by atoms with Gasteiger partial charge in [-0.15, -0.1) is 0 Å². The number of aliphatic hydroxyl groups excluding tert-OH is 1. The molecule has 3 nitrogen and oxygen atoms in total. The molecule has 24 heavy (non-hydrogen) atoms. The van der Waals surface area contributed by atoms with Crippen molar-refractivity contribution in [2.45, 2.75) is 26.0 Å². The van der Waals surface area contributed by atoms with Crippen molar-refractivity contribution in [3.63, 3.8) is 0 Å². The maximum absolute atomic E-state index is 13.8. The molecule has 2 aromatic rings. The van der Waals surface area contributed by atoms with E-state index in [9.17, 15) is 9.50 Å². The Labute approximate surface area is 147 Å². The second-order valence-electron chi connectivity index (χ2n) is 5.75. The van der Waals surface area contributed by atoms with Gasteiger partial charge < -0.3 is 9.84 Å². The average molecular weight is 352 g/mol. The third-order valence-corrected chi connectivity index (χ3v) is 3.87. The molecular formula is C19H23ClFNO2. The molecule has 0 bridgehead atoms. The van der Waals surface area contributed by atoms with E-state index in [1.54, 1.807) is 36.4 Å². The van der Waals surface area contributed by atoms with E-state index < -0.39 is 6.10 Å². The Morgan fingerprint density at radius 2 is 1.88 bits per heavy atom. The van der Waals surface area contributed by atoms with Crippen LogP contribution in [0, 0.1) is 5.82 Å². The molecule has 0 radical (unpaired) electrons. The first kappa shape index (κ1) is 18.7. The monoisotopic (exact) mass is 351 g/mol. The van der Waals surface area contributed by atoms with E-state index >= 15 is 0 Å². The second-order valence-corrected chi connectivity index (χ2v) is 6.18. The van der Waals surface area contributed by atoms with Crippen LogP contribution >= 0.6 is 11.6 Å². The number of aliphatic hydroxyl groups is 1. The number of ether oxygens (including phenoxy) is 1. The molecular weight excluding hydrogens is 329 g/mol. The highest BCUT2D eigenvalue weighted by Crippen LogP contribution is 2.16. The zero-order valence-electron chi connectivity index (χ0n) is 13.8. The summed E-state index contributed by atoms with van der Waals surface area (Å²) in [5.74, 6) is 0.445. The van der Waals surface area contributed by atoms with E-state index in [0.717, 1.165) is 13.0 Å². The molecule has 0 spiro atoms. The lowest BCUT2D eigenvalue weighted by Gasteiger charge is -2.25. The predicted octanol–water partition coefficient (Wildman–Crippen LogP) is 4.13. The molecule has 0 saturated carbocycles. The summed E-state index contributed by atoms with van der Waals surface area (Å²) in [6, 6.07) is 13.7. The van der Waals surface area contributed by atoms with Crippen molar-refractivity contribution in [1.82, 2.24) is 4.90 Å². The first-order valence-electron chi connectivity index (χ1n) is 8.10. The van der Waals surface area contributed by atoms with Gasteiger partial charge in [0, 0.05) is 23.7 Å². The zero-order chi connectivity index (χ0) is 17.4. The zero-order valence-corrected chi connectivity index (χ0v) is 14.5. The Morgan fingerprint density at radius 3 is 2.54 bits per heavy atom. The van der Waals surface area contributed by atoms with Gasteiger partial charge in [0.05, 0.1) is 0 Å². The average Bonchev–Trinajstić information content (AvgIpc) is 2.56. The molecule has 0 saturated heterocycles. The Morgan fingerprint density at radius 1 is 1.17 bits per heavy atom. The highest BCUT2D eigenvalue weighted by atomic mass is 35.5. The fourth-order valence-corrected chi connectivity index (χ4v) is 2.62. The number of hydrogen-bond acceptors (Lipinski definition) is 3. The summed E-state index contributed by atoms with van der Waals surface area (Å²) in [5, 5.41) is 10.9. The molecule has 2 rings (SSSR count). The Balaban J connectivity index is 1.87. The SMILES string of the molecule is CCCN(Cc1ccccc1F)C[C@H](O)COc1ccc(Cl)cc1. The van der Waals surface area contributed by atoms with E-state index in [1.807, 2.05) is 11.0 Å². The molecule has 2 aromatic carbocycles. The number of rotatable bonds is 9. The van der Waals surface area contributed by atoms with E-state index in [2.05, 4.69) is 6.92 Å². The van der Waals surface area contributed by atoms with E-state index in [0.29, 0.717) is 29.4 Å². The summed E-state index contributed by atoms with van der Waals surface area (Å²) in [5.41, 5.74) is 0.636. The fourth-order valence-electron chi connectivity index (χ4n) is 2.49. The number of hydrogen-bond donors (Lipinski definition) is 1. The minimum absolute atomic E-state index is 0.180. The van der Waals surface area contributed by atoms with Crippen molar-refractivity contribution >= 4 is 11.6 Å². The van der Waals surface area contributed by atoms with Gasteiger partial charge in [-0.3, -0.25) is 4.90 Å². The van der Waals surface area contributed by atoms with E-state index in [-0.39, 0.29) is 12.4 Å². The molecule has 0 aromatic heterocycles. The molecule has 1 N–H and O–H groups in total. The quantitative estimate of drug-likeness (QED) is 0.737. The van der Waals surface area contributed by atoms with Crippen molar-refractivity contribution < 1.29 is 14.2 Å². The van der Waals surface area contributed by atoms with Gasteiger partial charge in [0.2, 0.25) is 0 Å². The van der Waals surface area contributed by atoms with Crippen LogP contribution in [0.2, 0.25) is 5.02 Å². The molecule has 1 atom stereocenters. The summed E-state index contributed by atoms with van der Waals surface area (Å²) >= 11 is 5.83. The van der Waals surface area contributed by atoms with Crippen LogP contribution in [0.4, 0.5) is 4.39 Å². The standard InChI is InChI=1S/C19H23ClFNO2/c1-2-11-22(12-15-5-3-4-6-19(15)21)13-17(23)14-24-18-9-7-16(20)8-10-18/h3-10,17,23H,2,11-14H2,1H3/t17-/m0/s1. The first-order valence-corrected chi connectivity index (χ1v) is 8.48. The first-order chi connectivity index (χ1) is 11.6. The van der Waals surface area contributed by atoms with Crippen molar-refractivity contribution in [2.24, 2.45) is 0 Å². The summed E-state index contributed by atoms with van der Waals surface area (Å²) in [7, 11) is 0. The van der Waals surface area contributed by atoms with Crippen molar-refractivity contribution in [1.29, 1.82) is 0 Å². The summed E-state index contributed by atoms with van der Waals surface area (Å²) in [4.78, 5) is 2.04. The summed E-state index contributed by atoms with van der Waals surface area (Å²) in [6.45, 7) is 3.92. The molecule has 0 aliphatic carbocycles. The highest BCUT2D eigenvalue weighted by Gasteiger charge is 2.14.